The topological polar surface area (TPSA) is 81.1 Å². The maximum atomic E-state index is 12.6. The van der Waals surface area contributed by atoms with Crippen LogP contribution < -0.4 is 5.32 Å². The van der Waals surface area contributed by atoms with Crippen LogP contribution in [0.25, 0.3) is 5.69 Å². The molecular weight excluding hydrogens is 412 g/mol. The Kier molecular flexibility index (Phi) is 6.61. The molecule has 1 aromatic heterocycles. The van der Waals surface area contributed by atoms with Gasteiger partial charge in [0.05, 0.1) is 16.3 Å². The van der Waals surface area contributed by atoms with Gasteiger partial charge in [0.15, 0.2) is 0 Å². The summed E-state index contributed by atoms with van der Waals surface area (Å²) in [4.78, 5) is 11.7. The zero-order valence-corrected chi connectivity index (χ0v) is 17.1. The van der Waals surface area contributed by atoms with Gasteiger partial charge in [-0.25, -0.2) is 13.1 Å². The van der Waals surface area contributed by atoms with E-state index in [1.54, 1.807) is 0 Å². The monoisotopic (exact) mass is 433 g/mol. The summed E-state index contributed by atoms with van der Waals surface area (Å²) >= 11 is 0. The van der Waals surface area contributed by atoms with E-state index < -0.39 is 26.4 Å². The number of benzene rings is 2. The van der Waals surface area contributed by atoms with E-state index in [1.807, 2.05) is 48.1 Å². The molecule has 0 radical (unpaired) electrons. The summed E-state index contributed by atoms with van der Waals surface area (Å²) in [6.45, 7) is 2.34. The summed E-state index contributed by atoms with van der Waals surface area (Å²) < 4.78 is 49.8. The molecule has 0 fully saturated rings. The van der Waals surface area contributed by atoms with Crippen LogP contribution in [0.3, 0.4) is 0 Å². The molecule has 0 atom stereocenters. The fourth-order valence-electron chi connectivity index (χ4n) is 2.94. The molecule has 0 unspecified atom stereocenters. The number of para-hydroxylation sites is 1. The molecule has 3 rings (SSSR count). The van der Waals surface area contributed by atoms with E-state index >= 15 is 0 Å². The number of hydrogen-bond acceptors (Lipinski definition) is 4. The lowest BCUT2D eigenvalue weighted by atomic mass is 10.1. The first kappa shape index (κ1) is 21.6. The number of alkyl halides is 2. The highest BCUT2D eigenvalue weighted by molar-refractivity contribution is 7.91. The Morgan fingerprint density at radius 2 is 1.77 bits per heavy atom. The van der Waals surface area contributed by atoms with Crippen molar-refractivity contribution in [1.29, 1.82) is 0 Å². The van der Waals surface area contributed by atoms with Crippen molar-refractivity contribution in [1.82, 2.24) is 15.1 Å². The van der Waals surface area contributed by atoms with E-state index in [0.717, 1.165) is 35.5 Å². The van der Waals surface area contributed by atoms with Gasteiger partial charge in [-0.1, -0.05) is 18.2 Å². The number of amides is 1. The van der Waals surface area contributed by atoms with Crippen LogP contribution in [0.5, 0.6) is 0 Å². The minimum absolute atomic E-state index is 0.205. The summed E-state index contributed by atoms with van der Waals surface area (Å²) in [5.41, 5.74) is 3.17. The average molecular weight is 433 g/mol. The molecule has 0 saturated heterocycles. The Morgan fingerprint density at radius 1 is 1.10 bits per heavy atom. The number of sulfone groups is 1. The molecule has 0 aliphatic carbocycles. The zero-order chi connectivity index (χ0) is 21.7. The number of aryl methyl sites for hydroxylation is 2. The van der Waals surface area contributed by atoms with Gasteiger partial charge in [-0.05, 0) is 61.7 Å². The third kappa shape index (κ3) is 4.91. The Morgan fingerprint density at radius 3 is 2.40 bits per heavy atom. The standard InChI is InChI=1S/C21H21F2N3O3S/c1-15-17(14-26(25-15)18-7-3-2-4-8-18)6-5-13-24-20(27)16-9-11-19(12-10-16)30(28,29)21(22)23/h2-4,7-12,14,21H,5-6,13H2,1H3,(H,24,27). The van der Waals surface area contributed by atoms with E-state index in [1.165, 1.54) is 12.1 Å². The minimum Gasteiger partial charge on any atom is -0.352 e. The Bertz CT molecular complexity index is 1110. The molecule has 1 N–H and O–H groups in total. The summed E-state index contributed by atoms with van der Waals surface area (Å²) in [5.74, 6) is -3.89. The molecule has 9 heteroatoms. The van der Waals surface area contributed by atoms with Gasteiger partial charge in [-0.2, -0.15) is 13.9 Å². The zero-order valence-electron chi connectivity index (χ0n) is 16.3. The minimum atomic E-state index is -4.67. The number of nitrogens with zero attached hydrogens (tertiary/aromatic N) is 2. The molecule has 1 heterocycles. The van der Waals surface area contributed by atoms with Crippen LogP contribution in [0.4, 0.5) is 8.78 Å². The molecular formula is C21H21F2N3O3S. The van der Waals surface area contributed by atoms with Crippen molar-refractivity contribution in [3.8, 4) is 5.69 Å². The van der Waals surface area contributed by atoms with E-state index in [2.05, 4.69) is 10.4 Å². The first-order chi connectivity index (χ1) is 14.3. The van der Waals surface area contributed by atoms with Crippen molar-refractivity contribution in [2.45, 2.75) is 30.4 Å². The van der Waals surface area contributed by atoms with Crippen molar-refractivity contribution < 1.29 is 22.0 Å². The molecule has 3 aromatic rings. The summed E-state index contributed by atoms with van der Waals surface area (Å²) in [6.07, 6.45) is 3.38. The van der Waals surface area contributed by atoms with Gasteiger partial charge >= 0.3 is 5.76 Å². The van der Waals surface area contributed by atoms with Crippen molar-refractivity contribution in [2.75, 3.05) is 6.54 Å². The first-order valence-electron chi connectivity index (χ1n) is 9.30. The van der Waals surface area contributed by atoms with Crippen LogP contribution in [0, 0.1) is 6.92 Å². The van der Waals surface area contributed by atoms with Gasteiger partial charge in [0, 0.05) is 18.3 Å². The van der Waals surface area contributed by atoms with Crippen molar-refractivity contribution in [3.05, 3.63) is 77.6 Å². The lowest BCUT2D eigenvalue weighted by Crippen LogP contribution is -2.24. The fourth-order valence-corrected chi connectivity index (χ4v) is 3.66. The molecule has 0 spiro atoms. The van der Waals surface area contributed by atoms with Crippen LogP contribution >= 0.6 is 0 Å². The van der Waals surface area contributed by atoms with Crippen LogP contribution in [0.15, 0.2) is 65.7 Å². The molecule has 2 aromatic carbocycles. The van der Waals surface area contributed by atoms with E-state index in [9.17, 15) is 22.0 Å². The van der Waals surface area contributed by atoms with Crippen LogP contribution in [-0.4, -0.2) is 36.4 Å². The maximum Gasteiger partial charge on any atom is 0.341 e. The first-order valence-corrected chi connectivity index (χ1v) is 10.8. The molecule has 30 heavy (non-hydrogen) atoms. The van der Waals surface area contributed by atoms with Gasteiger partial charge in [0.2, 0.25) is 9.84 Å². The van der Waals surface area contributed by atoms with Crippen LogP contribution in [0.2, 0.25) is 0 Å². The second kappa shape index (κ2) is 9.17. The normalized spacial score (nSPS) is 11.6. The predicted octanol–water partition coefficient (Wildman–Crippen LogP) is 3.54. The Balaban J connectivity index is 1.52. The van der Waals surface area contributed by atoms with Crippen molar-refractivity contribution in [3.63, 3.8) is 0 Å². The number of aromatic nitrogens is 2. The average Bonchev–Trinajstić information content (AvgIpc) is 3.12. The molecule has 0 aliphatic rings. The predicted molar refractivity (Wildman–Crippen MR) is 109 cm³/mol. The highest BCUT2D eigenvalue weighted by Gasteiger charge is 2.26. The van der Waals surface area contributed by atoms with E-state index in [4.69, 9.17) is 0 Å². The van der Waals surface area contributed by atoms with Gasteiger partial charge in [0.1, 0.15) is 0 Å². The molecule has 1 amide bonds. The molecule has 0 saturated carbocycles. The third-order valence-electron chi connectivity index (χ3n) is 4.61. The molecule has 0 bridgehead atoms. The maximum absolute atomic E-state index is 12.6. The number of carbonyl (C=O) groups is 1. The van der Waals surface area contributed by atoms with E-state index in [0.29, 0.717) is 13.0 Å². The molecule has 0 aliphatic heterocycles. The van der Waals surface area contributed by atoms with Gasteiger partial charge in [-0.3, -0.25) is 4.79 Å². The third-order valence-corrected chi connectivity index (χ3v) is 6.01. The Hall–Kier alpha value is -3.07. The van der Waals surface area contributed by atoms with Crippen LogP contribution in [-0.2, 0) is 16.3 Å². The largest absolute Gasteiger partial charge is 0.352 e. The SMILES string of the molecule is Cc1nn(-c2ccccc2)cc1CCCNC(=O)c1ccc(S(=O)(=O)C(F)F)cc1. The number of halogens is 2. The highest BCUT2D eigenvalue weighted by atomic mass is 32.2. The van der Waals surface area contributed by atoms with Gasteiger partial charge in [-0.15, -0.1) is 0 Å². The van der Waals surface area contributed by atoms with Crippen LogP contribution in [0.1, 0.15) is 28.0 Å². The molecule has 6 nitrogen and oxygen atoms in total. The van der Waals surface area contributed by atoms with Gasteiger partial charge in [0.25, 0.3) is 5.91 Å². The second-order valence-corrected chi connectivity index (χ2v) is 8.63. The van der Waals surface area contributed by atoms with E-state index in [-0.39, 0.29) is 5.56 Å². The smallest absolute Gasteiger partial charge is 0.341 e. The summed E-state index contributed by atoms with van der Waals surface area (Å²) in [6, 6.07) is 14.2. The number of carbonyl (C=O) groups excluding carboxylic acids is 1. The Labute approximate surface area is 173 Å². The quantitative estimate of drug-likeness (QED) is 0.551. The number of rotatable bonds is 8. The highest BCUT2D eigenvalue weighted by Crippen LogP contribution is 2.18. The molecule has 158 valence electrons. The second-order valence-electron chi connectivity index (χ2n) is 6.71. The van der Waals surface area contributed by atoms with Gasteiger partial charge < -0.3 is 5.32 Å². The number of nitrogens with one attached hydrogen (secondary N) is 1. The fraction of sp³-hybridized carbons (Fsp3) is 0.238. The van der Waals surface area contributed by atoms with Crippen molar-refractivity contribution in [2.24, 2.45) is 0 Å². The summed E-state index contributed by atoms with van der Waals surface area (Å²) in [7, 11) is -4.67. The van der Waals surface area contributed by atoms with Crippen molar-refractivity contribution >= 4 is 15.7 Å². The summed E-state index contributed by atoms with van der Waals surface area (Å²) in [5, 5.41) is 7.25. The number of hydrogen-bond donors (Lipinski definition) is 1. The lowest BCUT2D eigenvalue weighted by molar-refractivity contribution is 0.0953. The lowest BCUT2D eigenvalue weighted by Gasteiger charge is -2.07.